The highest BCUT2D eigenvalue weighted by molar-refractivity contribution is 7.98. The van der Waals surface area contributed by atoms with E-state index in [0.29, 0.717) is 18.1 Å². The van der Waals surface area contributed by atoms with Gasteiger partial charge in [-0.3, -0.25) is 14.4 Å². The van der Waals surface area contributed by atoms with Crippen molar-refractivity contribution in [1.82, 2.24) is 10.3 Å². The van der Waals surface area contributed by atoms with Gasteiger partial charge < -0.3 is 15.5 Å². The largest absolute Gasteiger partial charge is 0.344 e. The zero-order valence-corrected chi connectivity index (χ0v) is 18.0. The third kappa shape index (κ3) is 5.57. The molecule has 2 unspecified atom stereocenters. The Balaban J connectivity index is 1.63. The number of aryl methyl sites for hydroxylation is 1. The number of rotatable bonds is 8. The maximum atomic E-state index is 12.8. The molecule has 0 bridgehead atoms. The molecular weight excluding hydrogens is 408 g/mol. The van der Waals surface area contributed by atoms with Gasteiger partial charge in [-0.15, -0.1) is 11.3 Å². The van der Waals surface area contributed by atoms with Crippen molar-refractivity contribution in [1.29, 1.82) is 0 Å². The van der Waals surface area contributed by atoms with Crippen LogP contribution in [0.15, 0.2) is 36.5 Å². The lowest BCUT2D eigenvalue weighted by Crippen LogP contribution is -2.46. The van der Waals surface area contributed by atoms with Crippen molar-refractivity contribution < 1.29 is 14.4 Å². The molecule has 1 aromatic heterocycles. The molecule has 2 N–H and O–H groups in total. The van der Waals surface area contributed by atoms with Gasteiger partial charge in [0.25, 0.3) is 0 Å². The molecular formula is C20H24N4O3S2. The van der Waals surface area contributed by atoms with E-state index in [1.807, 2.05) is 43.5 Å². The standard InChI is InChI=1S/C20H24N4O3S2/c1-13-11-21-20(29-13)23-19(27)16(8-9-28-2)22-18(26)14-10-17(25)24(12-14)15-6-4-3-5-7-15/h3-7,11,14,16H,8-10,12H2,1-2H3,(H,22,26)(H,21,23,27). The third-order valence-electron chi connectivity index (χ3n) is 4.66. The molecule has 1 aliphatic heterocycles. The second kappa shape index (κ2) is 9.89. The lowest BCUT2D eigenvalue weighted by molar-refractivity contribution is -0.129. The van der Waals surface area contributed by atoms with Crippen molar-refractivity contribution in [2.24, 2.45) is 5.92 Å². The fourth-order valence-electron chi connectivity index (χ4n) is 3.14. The molecule has 1 fully saturated rings. The molecule has 3 amide bonds. The lowest BCUT2D eigenvalue weighted by atomic mass is 10.1. The molecule has 0 saturated carbocycles. The second-order valence-electron chi connectivity index (χ2n) is 6.85. The van der Waals surface area contributed by atoms with E-state index >= 15 is 0 Å². The highest BCUT2D eigenvalue weighted by Gasteiger charge is 2.36. The Morgan fingerprint density at radius 2 is 2.10 bits per heavy atom. The maximum absolute atomic E-state index is 12.8. The van der Waals surface area contributed by atoms with Crippen LogP contribution in [0.3, 0.4) is 0 Å². The fraction of sp³-hybridized carbons (Fsp3) is 0.400. The molecule has 2 aromatic rings. The van der Waals surface area contributed by atoms with Gasteiger partial charge in [0.2, 0.25) is 17.7 Å². The summed E-state index contributed by atoms with van der Waals surface area (Å²) in [6.07, 6.45) is 4.29. The lowest BCUT2D eigenvalue weighted by Gasteiger charge is -2.20. The van der Waals surface area contributed by atoms with Crippen molar-refractivity contribution in [3.05, 3.63) is 41.4 Å². The van der Waals surface area contributed by atoms with Crippen LogP contribution in [0.25, 0.3) is 0 Å². The van der Waals surface area contributed by atoms with E-state index in [1.165, 1.54) is 11.3 Å². The van der Waals surface area contributed by atoms with Gasteiger partial charge in [-0.1, -0.05) is 18.2 Å². The first-order valence-electron chi connectivity index (χ1n) is 9.36. The quantitative estimate of drug-likeness (QED) is 0.669. The normalized spacial score (nSPS) is 17.2. The van der Waals surface area contributed by atoms with Crippen molar-refractivity contribution >= 4 is 51.6 Å². The number of hydrogen-bond acceptors (Lipinski definition) is 6. The van der Waals surface area contributed by atoms with Crippen LogP contribution in [0, 0.1) is 12.8 Å². The number of hydrogen-bond donors (Lipinski definition) is 2. The molecule has 0 radical (unpaired) electrons. The summed E-state index contributed by atoms with van der Waals surface area (Å²) in [5.41, 5.74) is 0.781. The van der Waals surface area contributed by atoms with E-state index in [4.69, 9.17) is 0 Å². The Kier molecular flexibility index (Phi) is 7.27. The Hall–Kier alpha value is -2.39. The molecule has 1 aliphatic rings. The second-order valence-corrected chi connectivity index (χ2v) is 9.07. The number of para-hydroxylation sites is 1. The van der Waals surface area contributed by atoms with Crippen LogP contribution in [0.2, 0.25) is 0 Å². The number of amides is 3. The van der Waals surface area contributed by atoms with Crippen LogP contribution in [0.4, 0.5) is 10.8 Å². The topological polar surface area (TPSA) is 91.4 Å². The van der Waals surface area contributed by atoms with Crippen LogP contribution < -0.4 is 15.5 Å². The van der Waals surface area contributed by atoms with Crippen LogP contribution in [-0.4, -0.2) is 47.3 Å². The minimum absolute atomic E-state index is 0.0836. The maximum Gasteiger partial charge on any atom is 0.248 e. The van der Waals surface area contributed by atoms with E-state index in [0.717, 1.165) is 16.3 Å². The first-order valence-corrected chi connectivity index (χ1v) is 11.6. The molecule has 2 atom stereocenters. The molecule has 29 heavy (non-hydrogen) atoms. The Labute approximate surface area is 178 Å². The summed E-state index contributed by atoms with van der Waals surface area (Å²) in [6.45, 7) is 2.23. The summed E-state index contributed by atoms with van der Waals surface area (Å²) in [4.78, 5) is 44.6. The van der Waals surface area contributed by atoms with Crippen LogP contribution in [0.5, 0.6) is 0 Å². The molecule has 9 heteroatoms. The van der Waals surface area contributed by atoms with E-state index in [1.54, 1.807) is 22.9 Å². The van der Waals surface area contributed by atoms with Crippen LogP contribution in [-0.2, 0) is 14.4 Å². The van der Waals surface area contributed by atoms with Crippen LogP contribution >= 0.6 is 23.1 Å². The Morgan fingerprint density at radius 1 is 1.34 bits per heavy atom. The molecule has 1 aromatic carbocycles. The van der Waals surface area contributed by atoms with Gasteiger partial charge in [-0.2, -0.15) is 11.8 Å². The highest BCUT2D eigenvalue weighted by atomic mass is 32.2. The Bertz CT molecular complexity index is 872. The predicted molar refractivity (Wildman–Crippen MR) is 117 cm³/mol. The molecule has 3 rings (SSSR count). The number of thioether (sulfide) groups is 1. The number of aromatic nitrogens is 1. The number of carbonyl (C=O) groups excluding carboxylic acids is 3. The molecule has 1 saturated heterocycles. The van der Waals surface area contributed by atoms with Gasteiger partial charge in [0, 0.05) is 29.7 Å². The zero-order chi connectivity index (χ0) is 20.8. The molecule has 0 aliphatic carbocycles. The van der Waals surface area contributed by atoms with Crippen molar-refractivity contribution in [2.75, 3.05) is 28.8 Å². The van der Waals surface area contributed by atoms with Crippen molar-refractivity contribution in [3.63, 3.8) is 0 Å². The summed E-state index contributed by atoms with van der Waals surface area (Å²) in [7, 11) is 0. The molecule has 154 valence electrons. The minimum Gasteiger partial charge on any atom is -0.344 e. The predicted octanol–water partition coefficient (Wildman–Crippen LogP) is 2.68. The van der Waals surface area contributed by atoms with Gasteiger partial charge in [-0.25, -0.2) is 4.98 Å². The Morgan fingerprint density at radius 3 is 2.76 bits per heavy atom. The van der Waals surface area contributed by atoms with Crippen LogP contribution in [0.1, 0.15) is 17.7 Å². The smallest absolute Gasteiger partial charge is 0.248 e. The average molecular weight is 433 g/mol. The van der Waals surface area contributed by atoms with E-state index in [-0.39, 0.29) is 24.1 Å². The summed E-state index contributed by atoms with van der Waals surface area (Å²) >= 11 is 3.00. The first kappa shape index (κ1) is 21.3. The van der Waals surface area contributed by atoms with Gasteiger partial charge in [0.15, 0.2) is 5.13 Å². The van der Waals surface area contributed by atoms with Gasteiger partial charge in [-0.05, 0) is 37.5 Å². The first-order chi connectivity index (χ1) is 14.0. The summed E-state index contributed by atoms with van der Waals surface area (Å²) < 4.78 is 0. The number of anilines is 2. The van der Waals surface area contributed by atoms with Gasteiger partial charge >= 0.3 is 0 Å². The van der Waals surface area contributed by atoms with E-state index < -0.39 is 12.0 Å². The van der Waals surface area contributed by atoms with E-state index in [9.17, 15) is 14.4 Å². The number of thiazole rings is 1. The summed E-state index contributed by atoms with van der Waals surface area (Å²) in [5, 5.41) is 6.14. The SMILES string of the molecule is CSCCC(NC(=O)C1CC(=O)N(c2ccccc2)C1)C(=O)Nc1ncc(C)s1. The fourth-order valence-corrected chi connectivity index (χ4v) is 4.28. The van der Waals surface area contributed by atoms with Crippen molar-refractivity contribution in [2.45, 2.75) is 25.8 Å². The number of nitrogens with one attached hydrogen (secondary N) is 2. The minimum atomic E-state index is -0.667. The third-order valence-corrected chi connectivity index (χ3v) is 6.13. The number of benzene rings is 1. The van der Waals surface area contributed by atoms with Gasteiger partial charge in [0.1, 0.15) is 6.04 Å². The van der Waals surface area contributed by atoms with Crippen molar-refractivity contribution in [3.8, 4) is 0 Å². The highest BCUT2D eigenvalue weighted by Crippen LogP contribution is 2.25. The molecule has 7 nitrogen and oxygen atoms in total. The summed E-state index contributed by atoms with van der Waals surface area (Å²) in [6, 6.07) is 8.64. The summed E-state index contributed by atoms with van der Waals surface area (Å²) in [5.74, 6) is -0.386. The zero-order valence-electron chi connectivity index (χ0n) is 16.4. The number of nitrogens with zero attached hydrogens (tertiary/aromatic N) is 2. The molecule has 2 heterocycles. The van der Waals surface area contributed by atoms with Gasteiger partial charge in [0.05, 0.1) is 5.92 Å². The monoisotopic (exact) mass is 432 g/mol. The average Bonchev–Trinajstić information content (AvgIpc) is 3.30. The molecule has 0 spiro atoms. The number of carbonyl (C=O) groups is 3. The van der Waals surface area contributed by atoms with E-state index in [2.05, 4.69) is 15.6 Å².